The highest BCUT2D eigenvalue weighted by Gasteiger charge is 2.11. The van der Waals surface area contributed by atoms with Gasteiger partial charge in [-0.15, -0.1) is 0 Å². The van der Waals surface area contributed by atoms with Gasteiger partial charge < -0.3 is 5.11 Å². The zero-order valence-corrected chi connectivity index (χ0v) is 12.5. The Morgan fingerprint density at radius 2 is 1.83 bits per heavy atom. The molecule has 0 aliphatic rings. The van der Waals surface area contributed by atoms with E-state index in [1.165, 1.54) is 37.8 Å². The summed E-state index contributed by atoms with van der Waals surface area (Å²) in [6, 6.07) is 4.45. The van der Waals surface area contributed by atoms with Crippen molar-refractivity contribution in [1.82, 2.24) is 0 Å². The van der Waals surface area contributed by atoms with Gasteiger partial charge in [-0.05, 0) is 30.2 Å². The lowest BCUT2D eigenvalue weighted by molar-refractivity contribution is 0.162. The number of hydrogen-bond donors (Lipinski definition) is 1. The van der Waals surface area contributed by atoms with E-state index in [-0.39, 0.29) is 5.82 Å². The third-order valence-corrected chi connectivity index (χ3v) is 3.87. The molecule has 1 atom stereocenters. The number of aliphatic hydroxyl groups excluding tert-OH is 1. The molecule has 18 heavy (non-hydrogen) atoms. The highest BCUT2D eigenvalue weighted by Crippen LogP contribution is 2.27. The van der Waals surface area contributed by atoms with Crippen molar-refractivity contribution in [2.45, 2.75) is 58.0 Å². The molecule has 0 bridgehead atoms. The van der Waals surface area contributed by atoms with E-state index in [9.17, 15) is 9.50 Å². The molecule has 1 N–H and O–H groups in total. The van der Waals surface area contributed by atoms with E-state index in [4.69, 9.17) is 0 Å². The molecule has 1 rings (SSSR count). The number of aliphatic hydroxyl groups is 1. The molecule has 3 heteroatoms. The largest absolute Gasteiger partial charge is 0.388 e. The van der Waals surface area contributed by atoms with Gasteiger partial charge in [0.05, 0.1) is 6.10 Å². The van der Waals surface area contributed by atoms with Crippen molar-refractivity contribution in [3.05, 3.63) is 34.1 Å². The fourth-order valence-electron chi connectivity index (χ4n) is 2.04. The summed E-state index contributed by atoms with van der Waals surface area (Å²) in [6.07, 6.45) is 7.31. The Hall–Kier alpha value is -0.410. The van der Waals surface area contributed by atoms with Gasteiger partial charge in [-0.25, -0.2) is 4.39 Å². The molecule has 0 spiro atoms. The van der Waals surface area contributed by atoms with Crippen molar-refractivity contribution in [2.24, 2.45) is 0 Å². The Morgan fingerprint density at radius 1 is 1.17 bits per heavy atom. The standard InChI is InChI=1S/C15H22BrFO/c1-2-3-4-5-6-7-8-15(18)13-11-12(17)9-10-14(13)16/h9-11,15,18H,2-8H2,1H3. The summed E-state index contributed by atoms with van der Waals surface area (Å²) in [5.41, 5.74) is 0.656. The van der Waals surface area contributed by atoms with Crippen molar-refractivity contribution in [2.75, 3.05) is 0 Å². The zero-order valence-electron chi connectivity index (χ0n) is 11.0. The van der Waals surface area contributed by atoms with E-state index in [2.05, 4.69) is 22.9 Å². The predicted molar refractivity (Wildman–Crippen MR) is 77.1 cm³/mol. The molecule has 1 nitrogen and oxygen atoms in total. The summed E-state index contributed by atoms with van der Waals surface area (Å²) >= 11 is 3.35. The Morgan fingerprint density at radius 3 is 2.56 bits per heavy atom. The summed E-state index contributed by atoms with van der Waals surface area (Å²) in [5.74, 6) is -0.296. The monoisotopic (exact) mass is 316 g/mol. The summed E-state index contributed by atoms with van der Waals surface area (Å²) < 4.78 is 13.9. The maximum Gasteiger partial charge on any atom is 0.123 e. The molecule has 102 valence electrons. The molecule has 0 fully saturated rings. The second-order valence-electron chi connectivity index (χ2n) is 4.74. The smallest absolute Gasteiger partial charge is 0.123 e. The number of halogens is 2. The van der Waals surface area contributed by atoms with Crippen molar-refractivity contribution in [1.29, 1.82) is 0 Å². The topological polar surface area (TPSA) is 20.2 Å². The highest BCUT2D eigenvalue weighted by atomic mass is 79.9. The molecule has 0 heterocycles. The van der Waals surface area contributed by atoms with E-state index in [1.54, 1.807) is 6.07 Å². The lowest BCUT2D eigenvalue weighted by Crippen LogP contribution is -1.99. The van der Waals surface area contributed by atoms with Crippen LogP contribution in [0.25, 0.3) is 0 Å². The van der Waals surface area contributed by atoms with Crippen LogP contribution in [-0.4, -0.2) is 5.11 Å². The molecule has 0 aliphatic carbocycles. The first kappa shape index (κ1) is 15.6. The summed E-state index contributed by atoms with van der Waals surface area (Å²) in [4.78, 5) is 0. The molecule has 0 saturated carbocycles. The van der Waals surface area contributed by atoms with Crippen LogP contribution in [0.5, 0.6) is 0 Å². The van der Waals surface area contributed by atoms with Gasteiger partial charge in [0.1, 0.15) is 5.82 Å². The molecular weight excluding hydrogens is 295 g/mol. The van der Waals surface area contributed by atoms with Gasteiger partial charge in [0.25, 0.3) is 0 Å². The summed E-state index contributed by atoms with van der Waals surface area (Å²) in [5, 5.41) is 10.0. The minimum atomic E-state index is -0.568. The van der Waals surface area contributed by atoms with Gasteiger partial charge in [-0.2, -0.15) is 0 Å². The Bertz CT molecular complexity index is 354. The van der Waals surface area contributed by atoms with Crippen LogP contribution in [0.15, 0.2) is 22.7 Å². The first-order valence-electron chi connectivity index (χ1n) is 6.78. The van der Waals surface area contributed by atoms with E-state index in [0.717, 1.165) is 17.3 Å². The van der Waals surface area contributed by atoms with Gasteiger partial charge in [-0.3, -0.25) is 0 Å². The van der Waals surface area contributed by atoms with E-state index >= 15 is 0 Å². The molecule has 0 aromatic heterocycles. The van der Waals surface area contributed by atoms with Gasteiger partial charge in [-0.1, -0.05) is 61.4 Å². The van der Waals surface area contributed by atoms with Crippen LogP contribution in [0.2, 0.25) is 0 Å². The van der Waals surface area contributed by atoms with Crippen molar-refractivity contribution in [3.63, 3.8) is 0 Å². The van der Waals surface area contributed by atoms with Crippen LogP contribution in [0.4, 0.5) is 4.39 Å². The number of hydrogen-bond acceptors (Lipinski definition) is 1. The van der Waals surface area contributed by atoms with E-state index < -0.39 is 6.10 Å². The normalized spacial score (nSPS) is 12.7. The highest BCUT2D eigenvalue weighted by molar-refractivity contribution is 9.10. The predicted octanol–water partition coefficient (Wildman–Crippen LogP) is 5.37. The van der Waals surface area contributed by atoms with Gasteiger partial charge in [0.15, 0.2) is 0 Å². The van der Waals surface area contributed by atoms with E-state index in [0.29, 0.717) is 12.0 Å². The first-order chi connectivity index (χ1) is 8.65. The molecule has 1 aromatic carbocycles. The van der Waals surface area contributed by atoms with Gasteiger partial charge in [0, 0.05) is 4.47 Å². The Labute approximate surface area is 118 Å². The van der Waals surface area contributed by atoms with Gasteiger partial charge in [0.2, 0.25) is 0 Å². The van der Waals surface area contributed by atoms with Crippen LogP contribution in [-0.2, 0) is 0 Å². The Balaban J connectivity index is 2.31. The van der Waals surface area contributed by atoms with Crippen LogP contribution in [0, 0.1) is 5.82 Å². The zero-order chi connectivity index (χ0) is 13.4. The van der Waals surface area contributed by atoms with Crippen LogP contribution in [0.1, 0.15) is 63.5 Å². The third-order valence-electron chi connectivity index (χ3n) is 3.15. The Kier molecular flexibility index (Phi) is 7.52. The number of rotatable bonds is 8. The molecule has 0 amide bonds. The quantitative estimate of drug-likeness (QED) is 0.639. The number of unbranched alkanes of at least 4 members (excludes halogenated alkanes) is 5. The lowest BCUT2D eigenvalue weighted by atomic mass is 10.0. The van der Waals surface area contributed by atoms with Crippen molar-refractivity contribution in [3.8, 4) is 0 Å². The molecule has 0 aliphatic heterocycles. The minimum absolute atomic E-state index is 0.296. The number of benzene rings is 1. The van der Waals surface area contributed by atoms with Crippen LogP contribution < -0.4 is 0 Å². The summed E-state index contributed by atoms with van der Waals surface area (Å²) in [6.45, 7) is 2.20. The molecule has 0 radical (unpaired) electrons. The maximum absolute atomic E-state index is 13.1. The molecule has 1 aromatic rings. The molecule has 1 unspecified atom stereocenters. The van der Waals surface area contributed by atoms with Crippen LogP contribution in [0.3, 0.4) is 0 Å². The first-order valence-corrected chi connectivity index (χ1v) is 7.57. The molecule has 0 saturated heterocycles. The maximum atomic E-state index is 13.1. The second-order valence-corrected chi connectivity index (χ2v) is 5.59. The average molecular weight is 317 g/mol. The fraction of sp³-hybridized carbons (Fsp3) is 0.600. The SMILES string of the molecule is CCCCCCCCC(O)c1cc(F)ccc1Br. The lowest BCUT2D eigenvalue weighted by Gasteiger charge is -2.12. The van der Waals surface area contributed by atoms with Gasteiger partial charge >= 0.3 is 0 Å². The third kappa shape index (κ3) is 5.49. The molecular formula is C15H22BrFO. The summed E-state index contributed by atoms with van der Waals surface area (Å²) in [7, 11) is 0. The van der Waals surface area contributed by atoms with Crippen molar-refractivity contribution >= 4 is 15.9 Å². The fourth-order valence-corrected chi connectivity index (χ4v) is 2.55. The second kappa shape index (κ2) is 8.65. The van der Waals surface area contributed by atoms with Crippen molar-refractivity contribution < 1.29 is 9.50 Å². The van der Waals surface area contributed by atoms with Crippen LogP contribution >= 0.6 is 15.9 Å². The van der Waals surface area contributed by atoms with E-state index in [1.807, 2.05) is 0 Å². The average Bonchev–Trinajstić information content (AvgIpc) is 2.36. The minimum Gasteiger partial charge on any atom is -0.388 e.